The van der Waals surface area contributed by atoms with Gasteiger partial charge in [0.2, 0.25) is 5.95 Å². The monoisotopic (exact) mass is 234 g/mol. The second-order valence-electron chi connectivity index (χ2n) is 4.67. The summed E-state index contributed by atoms with van der Waals surface area (Å²) < 4.78 is 0. The molecule has 2 N–H and O–H groups in total. The molecular formula is C13H22N4. The summed E-state index contributed by atoms with van der Waals surface area (Å²) in [5, 5.41) is 0. The summed E-state index contributed by atoms with van der Waals surface area (Å²) in [6, 6.07) is 0.529. The van der Waals surface area contributed by atoms with Crippen molar-refractivity contribution in [2.75, 3.05) is 18.0 Å². The number of nitrogens with two attached hydrogens (primary N) is 1. The lowest BCUT2D eigenvalue weighted by Gasteiger charge is -2.35. The predicted molar refractivity (Wildman–Crippen MR) is 70.1 cm³/mol. The first-order valence-electron chi connectivity index (χ1n) is 6.62. The van der Waals surface area contributed by atoms with Crippen LogP contribution in [0, 0.1) is 0 Å². The molecule has 0 aromatic carbocycles. The summed E-state index contributed by atoms with van der Waals surface area (Å²) in [6.07, 6.45) is 9.67. The molecule has 1 aromatic rings. The first kappa shape index (κ1) is 12.3. The fraction of sp³-hybridized carbons (Fsp3) is 0.692. The van der Waals surface area contributed by atoms with Crippen molar-refractivity contribution in [2.45, 2.75) is 45.1 Å². The third kappa shape index (κ3) is 2.94. The smallest absolute Gasteiger partial charge is 0.225 e. The van der Waals surface area contributed by atoms with Crippen molar-refractivity contribution >= 4 is 5.95 Å². The van der Waals surface area contributed by atoms with Gasteiger partial charge in [0.05, 0.1) is 0 Å². The van der Waals surface area contributed by atoms with Crippen molar-refractivity contribution in [1.82, 2.24) is 9.97 Å². The third-order valence-electron chi connectivity index (χ3n) is 3.48. The number of hydrogen-bond donors (Lipinski definition) is 1. The standard InChI is InChI=1S/C13H22N4/c1-2-11-9-15-13(16-10-11)17-8-4-3-5-12(17)6-7-14/h9-10,12H,2-8,14H2,1H3. The van der Waals surface area contributed by atoms with Crippen LogP contribution in [0.2, 0.25) is 0 Å². The van der Waals surface area contributed by atoms with Crippen LogP contribution in [0.25, 0.3) is 0 Å². The molecule has 0 bridgehead atoms. The van der Waals surface area contributed by atoms with Crippen LogP contribution in [0.15, 0.2) is 12.4 Å². The van der Waals surface area contributed by atoms with Crippen molar-refractivity contribution in [3.05, 3.63) is 18.0 Å². The zero-order valence-electron chi connectivity index (χ0n) is 10.6. The summed E-state index contributed by atoms with van der Waals surface area (Å²) >= 11 is 0. The van der Waals surface area contributed by atoms with Crippen LogP contribution in [0.5, 0.6) is 0 Å². The zero-order chi connectivity index (χ0) is 12.1. The Balaban J connectivity index is 2.11. The second kappa shape index (κ2) is 5.96. The van der Waals surface area contributed by atoms with Gasteiger partial charge in [-0.1, -0.05) is 6.92 Å². The highest BCUT2D eigenvalue weighted by molar-refractivity contribution is 5.32. The Kier molecular flexibility index (Phi) is 4.31. The number of aromatic nitrogens is 2. The van der Waals surface area contributed by atoms with Gasteiger partial charge < -0.3 is 10.6 Å². The minimum atomic E-state index is 0.529. The van der Waals surface area contributed by atoms with Crippen LogP contribution in [0.1, 0.15) is 38.2 Å². The number of anilines is 1. The van der Waals surface area contributed by atoms with E-state index in [4.69, 9.17) is 5.73 Å². The van der Waals surface area contributed by atoms with Crippen molar-refractivity contribution in [3.8, 4) is 0 Å². The first-order valence-corrected chi connectivity index (χ1v) is 6.62. The highest BCUT2D eigenvalue weighted by Crippen LogP contribution is 2.23. The fourth-order valence-electron chi connectivity index (χ4n) is 2.44. The Morgan fingerprint density at radius 1 is 1.35 bits per heavy atom. The molecule has 1 unspecified atom stereocenters. The maximum Gasteiger partial charge on any atom is 0.225 e. The van der Waals surface area contributed by atoms with Gasteiger partial charge in [-0.15, -0.1) is 0 Å². The van der Waals surface area contributed by atoms with E-state index in [2.05, 4.69) is 21.8 Å². The highest BCUT2D eigenvalue weighted by Gasteiger charge is 2.23. The third-order valence-corrected chi connectivity index (χ3v) is 3.48. The van der Waals surface area contributed by atoms with Gasteiger partial charge in [0.1, 0.15) is 0 Å². The minimum Gasteiger partial charge on any atom is -0.338 e. The molecule has 0 amide bonds. The van der Waals surface area contributed by atoms with Gasteiger partial charge in [-0.25, -0.2) is 9.97 Å². The Morgan fingerprint density at radius 2 is 2.12 bits per heavy atom. The molecule has 1 aromatic heterocycles. The molecule has 2 rings (SSSR count). The van der Waals surface area contributed by atoms with Gasteiger partial charge in [-0.2, -0.15) is 0 Å². The summed E-state index contributed by atoms with van der Waals surface area (Å²) in [5.74, 6) is 0.875. The number of piperidine rings is 1. The molecule has 1 fully saturated rings. The molecule has 0 aliphatic carbocycles. The van der Waals surface area contributed by atoms with Crippen LogP contribution in [-0.2, 0) is 6.42 Å². The molecule has 0 saturated carbocycles. The van der Waals surface area contributed by atoms with Crippen molar-refractivity contribution in [1.29, 1.82) is 0 Å². The molecule has 0 spiro atoms. The Hall–Kier alpha value is -1.16. The normalized spacial score (nSPS) is 20.6. The van der Waals surface area contributed by atoms with E-state index in [0.29, 0.717) is 6.04 Å². The molecule has 4 heteroatoms. The molecule has 2 heterocycles. The highest BCUT2D eigenvalue weighted by atomic mass is 15.3. The van der Waals surface area contributed by atoms with Gasteiger partial charge in [-0.3, -0.25) is 0 Å². The van der Waals surface area contributed by atoms with Crippen LogP contribution in [-0.4, -0.2) is 29.1 Å². The summed E-state index contributed by atoms with van der Waals surface area (Å²) in [5.41, 5.74) is 6.87. The van der Waals surface area contributed by atoms with E-state index in [9.17, 15) is 0 Å². The zero-order valence-corrected chi connectivity index (χ0v) is 10.6. The average Bonchev–Trinajstić information content (AvgIpc) is 2.40. The Bertz CT molecular complexity index is 334. The van der Waals surface area contributed by atoms with Crippen LogP contribution in [0.3, 0.4) is 0 Å². The summed E-state index contributed by atoms with van der Waals surface area (Å²) in [6.45, 7) is 3.93. The fourth-order valence-corrected chi connectivity index (χ4v) is 2.44. The topological polar surface area (TPSA) is 55.0 Å². The van der Waals surface area contributed by atoms with Crippen LogP contribution < -0.4 is 10.6 Å². The van der Waals surface area contributed by atoms with Gasteiger partial charge in [-0.05, 0) is 44.2 Å². The predicted octanol–water partition coefficient (Wildman–Crippen LogP) is 1.75. The molecular weight excluding hydrogens is 212 g/mol. The van der Waals surface area contributed by atoms with E-state index in [-0.39, 0.29) is 0 Å². The molecule has 1 atom stereocenters. The quantitative estimate of drug-likeness (QED) is 0.862. The van der Waals surface area contributed by atoms with Crippen LogP contribution in [0.4, 0.5) is 5.95 Å². The molecule has 1 aliphatic heterocycles. The summed E-state index contributed by atoms with van der Waals surface area (Å²) in [4.78, 5) is 11.3. The van der Waals surface area contributed by atoms with E-state index in [1.54, 1.807) is 0 Å². The van der Waals surface area contributed by atoms with Gasteiger partial charge in [0, 0.05) is 25.0 Å². The van der Waals surface area contributed by atoms with E-state index in [0.717, 1.165) is 31.9 Å². The minimum absolute atomic E-state index is 0.529. The number of aryl methyl sites for hydroxylation is 1. The Labute approximate surface area is 103 Å². The Morgan fingerprint density at radius 3 is 2.76 bits per heavy atom. The molecule has 94 valence electrons. The molecule has 17 heavy (non-hydrogen) atoms. The van der Waals surface area contributed by atoms with E-state index >= 15 is 0 Å². The van der Waals surface area contributed by atoms with Crippen LogP contribution >= 0.6 is 0 Å². The van der Waals surface area contributed by atoms with Crippen molar-refractivity contribution < 1.29 is 0 Å². The molecule has 0 radical (unpaired) electrons. The van der Waals surface area contributed by atoms with E-state index in [1.165, 1.54) is 24.8 Å². The number of hydrogen-bond acceptors (Lipinski definition) is 4. The maximum atomic E-state index is 5.68. The lowest BCUT2D eigenvalue weighted by molar-refractivity contribution is 0.435. The lowest BCUT2D eigenvalue weighted by atomic mass is 10.00. The van der Waals surface area contributed by atoms with Gasteiger partial charge >= 0.3 is 0 Å². The lowest BCUT2D eigenvalue weighted by Crippen LogP contribution is -2.41. The molecule has 1 aliphatic rings. The number of nitrogens with zero attached hydrogens (tertiary/aromatic N) is 3. The first-order chi connectivity index (χ1) is 8.35. The maximum absolute atomic E-state index is 5.68. The van der Waals surface area contributed by atoms with E-state index < -0.39 is 0 Å². The largest absolute Gasteiger partial charge is 0.338 e. The van der Waals surface area contributed by atoms with Gasteiger partial charge in [0.15, 0.2) is 0 Å². The van der Waals surface area contributed by atoms with Gasteiger partial charge in [0.25, 0.3) is 0 Å². The SMILES string of the molecule is CCc1cnc(N2CCCCC2CCN)nc1. The average molecular weight is 234 g/mol. The van der Waals surface area contributed by atoms with E-state index in [1.807, 2.05) is 12.4 Å². The molecule has 1 saturated heterocycles. The van der Waals surface area contributed by atoms with Crippen molar-refractivity contribution in [2.24, 2.45) is 5.73 Å². The second-order valence-corrected chi connectivity index (χ2v) is 4.67. The summed E-state index contributed by atoms with van der Waals surface area (Å²) in [7, 11) is 0. The molecule has 4 nitrogen and oxygen atoms in total. The van der Waals surface area contributed by atoms with Crippen molar-refractivity contribution in [3.63, 3.8) is 0 Å². The number of rotatable bonds is 4.